The summed E-state index contributed by atoms with van der Waals surface area (Å²) in [4.78, 5) is 11.1. The van der Waals surface area contributed by atoms with E-state index in [0.717, 1.165) is 0 Å². The van der Waals surface area contributed by atoms with E-state index in [1.165, 1.54) is 0 Å². The highest BCUT2D eigenvalue weighted by Gasteiger charge is 2.33. The summed E-state index contributed by atoms with van der Waals surface area (Å²) in [6.45, 7) is 0.440. The predicted octanol–water partition coefficient (Wildman–Crippen LogP) is -0.921. The molecule has 0 radical (unpaired) electrons. The number of nitrogens with one attached hydrogen (secondary N) is 1. The molecule has 2 aliphatic rings. The smallest absolute Gasteiger partial charge is 0.323 e. The van der Waals surface area contributed by atoms with Crippen molar-refractivity contribution in [1.29, 1.82) is 0 Å². The number of sulfone groups is 1. The summed E-state index contributed by atoms with van der Waals surface area (Å²) < 4.78 is 27.1. The number of carbonyl (C=O) groups is 1. The number of hydrogen-bond donors (Lipinski definition) is 1. The quantitative estimate of drug-likeness (QED) is 0.608. The zero-order valence-electron chi connectivity index (χ0n) is 7.73. The van der Waals surface area contributed by atoms with E-state index in [2.05, 4.69) is 5.32 Å². The minimum Gasteiger partial charge on any atom is -0.464 e. The van der Waals surface area contributed by atoms with Crippen molar-refractivity contribution in [2.45, 2.75) is 24.9 Å². The molecule has 2 fully saturated rings. The molecule has 1 N–H and O–H groups in total. The Kier molecular flexibility index (Phi) is 2.48. The third-order valence-corrected chi connectivity index (χ3v) is 4.37. The first-order valence-corrected chi connectivity index (χ1v) is 6.52. The normalized spacial score (nSPS) is 35.9. The molecule has 2 saturated heterocycles. The van der Waals surface area contributed by atoms with Gasteiger partial charge < -0.3 is 10.1 Å². The first-order valence-electron chi connectivity index (χ1n) is 4.70. The summed E-state index contributed by atoms with van der Waals surface area (Å²) in [5.41, 5.74) is 0. The van der Waals surface area contributed by atoms with E-state index in [-0.39, 0.29) is 29.6 Å². The van der Waals surface area contributed by atoms with Crippen molar-refractivity contribution in [2.24, 2.45) is 0 Å². The fourth-order valence-corrected chi connectivity index (χ4v) is 3.54. The SMILES string of the molecule is O=C1OCCC1NC1CCS(=O)(=O)C1. The van der Waals surface area contributed by atoms with Crippen LogP contribution < -0.4 is 5.32 Å². The number of hydrogen-bond acceptors (Lipinski definition) is 5. The molecular formula is C8H13NO4S. The topological polar surface area (TPSA) is 72.5 Å². The lowest BCUT2D eigenvalue weighted by molar-refractivity contribution is -0.139. The van der Waals surface area contributed by atoms with Crippen LogP contribution in [0.3, 0.4) is 0 Å². The lowest BCUT2D eigenvalue weighted by Gasteiger charge is -2.13. The van der Waals surface area contributed by atoms with Gasteiger partial charge in [-0.3, -0.25) is 4.79 Å². The highest BCUT2D eigenvalue weighted by Crippen LogP contribution is 2.14. The van der Waals surface area contributed by atoms with Gasteiger partial charge in [-0.05, 0) is 6.42 Å². The number of esters is 1. The van der Waals surface area contributed by atoms with Crippen LogP contribution in [0.15, 0.2) is 0 Å². The molecule has 0 aromatic rings. The second-order valence-corrected chi connectivity index (χ2v) is 6.00. The Labute approximate surface area is 82.7 Å². The largest absolute Gasteiger partial charge is 0.464 e. The maximum absolute atomic E-state index is 11.1. The standard InChI is InChI=1S/C8H13NO4S/c10-8-7(1-3-13-8)9-6-2-4-14(11,12)5-6/h6-7,9H,1-5H2. The molecule has 5 nitrogen and oxygen atoms in total. The van der Waals surface area contributed by atoms with Crippen LogP contribution in [0.2, 0.25) is 0 Å². The monoisotopic (exact) mass is 219 g/mol. The van der Waals surface area contributed by atoms with Crippen LogP contribution in [0, 0.1) is 0 Å². The molecule has 80 valence electrons. The summed E-state index contributed by atoms with van der Waals surface area (Å²) in [6, 6.07) is -0.371. The van der Waals surface area contributed by atoms with E-state index in [1.54, 1.807) is 0 Å². The Bertz CT molecular complexity index is 337. The van der Waals surface area contributed by atoms with Crippen molar-refractivity contribution in [3.63, 3.8) is 0 Å². The van der Waals surface area contributed by atoms with Crippen LogP contribution in [0.1, 0.15) is 12.8 Å². The average Bonchev–Trinajstić information content (AvgIpc) is 2.61. The first kappa shape index (κ1) is 9.92. The molecule has 0 aliphatic carbocycles. The molecule has 2 heterocycles. The molecule has 0 saturated carbocycles. The van der Waals surface area contributed by atoms with Gasteiger partial charge in [-0.1, -0.05) is 0 Å². The molecule has 0 amide bonds. The lowest BCUT2D eigenvalue weighted by atomic mass is 10.2. The highest BCUT2D eigenvalue weighted by atomic mass is 32.2. The van der Waals surface area contributed by atoms with Crippen molar-refractivity contribution in [1.82, 2.24) is 5.32 Å². The van der Waals surface area contributed by atoms with Crippen molar-refractivity contribution in [3.05, 3.63) is 0 Å². The number of cyclic esters (lactones) is 1. The highest BCUT2D eigenvalue weighted by molar-refractivity contribution is 7.91. The van der Waals surface area contributed by atoms with Crippen LogP contribution >= 0.6 is 0 Å². The molecular weight excluding hydrogens is 206 g/mol. The minimum atomic E-state index is -2.87. The molecule has 2 aliphatic heterocycles. The maximum Gasteiger partial charge on any atom is 0.323 e. The predicted molar refractivity (Wildman–Crippen MR) is 49.6 cm³/mol. The van der Waals surface area contributed by atoms with Crippen LogP contribution in [0.25, 0.3) is 0 Å². The minimum absolute atomic E-state index is 0.0735. The van der Waals surface area contributed by atoms with Crippen LogP contribution in [-0.2, 0) is 19.4 Å². The van der Waals surface area contributed by atoms with Gasteiger partial charge in [-0.2, -0.15) is 0 Å². The molecule has 0 spiro atoms. The van der Waals surface area contributed by atoms with Gasteiger partial charge in [0.2, 0.25) is 0 Å². The van der Waals surface area contributed by atoms with Gasteiger partial charge in [0, 0.05) is 12.5 Å². The van der Waals surface area contributed by atoms with Gasteiger partial charge >= 0.3 is 5.97 Å². The van der Waals surface area contributed by atoms with Crippen molar-refractivity contribution < 1.29 is 17.9 Å². The van der Waals surface area contributed by atoms with Crippen molar-refractivity contribution in [3.8, 4) is 0 Å². The Morgan fingerprint density at radius 3 is 2.64 bits per heavy atom. The zero-order chi connectivity index (χ0) is 10.2. The summed E-state index contributed by atoms with van der Waals surface area (Å²) >= 11 is 0. The van der Waals surface area contributed by atoms with Crippen molar-refractivity contribution >= 4 is 15.8 Å². The molecule has 6 heteroatoms. The molecule has 2 atom stereocenters. The van der Waals surface area contributed by atoms with Crippen LogP contribution in [0.4, 0.5) is 0 Å². The zero-order valence-corrected chi connectivity index (χ0v) is 8.55. The molecule has 0 aromatic heterocycles. The summed E-state index contributed by atoms with van der Waals surface area (Å²) in [5, 5.41) is 3.03. The van der Waals surface area contributed by atoms with E-state index in [4.69, 9.17) is 4.74 Å². The van der Waals surface area contributed by atoms with Crippen LogP contribution in [-0.4, -0.2) is 44.6 Å². The Hall–Kier alpha value is -0.620. The van der Waals surface area contributed by atoms with Crippen molar-refractivity contribution in [2.75, 3.05) is 18.1 Å². The van der Waals surface area contributed by atoms with Gasteiger partial charge in [-0.15, -0.1) is 0 Å². The summed E-state index contributed by atoms with van der Waals surface area (Å²) in [7, 11) is -2.87. The van der Waals surface area contributed by atoms with Gasteiger partial charge in [0.05, 0.1) is 18.1 Å². The lowest BCUT2D eigenvalue weighted by Crippen LogP contribution is -2.41. The van der Waals surface area contributed by atoms with Gasteiger partial charge in [0.15, 0.2) is 9.84 Å². The third-order valence-electron chi connectivity index (χ3n) is 2.60. The van der Waals surface area contributed by atoms with Gasteiger partial charge in [0.1, 0.15) is 6.04 Å². The number of ether oxygens (including phenoxy) is 1. The van der Waals surface area contributed by atoms with Crippen LogP contribution in [0.5, 0.6) is 0 Å². The van der Waals surface area contributed by atoms with E-state index in [0.29, 0.717) is 19.4 Å². The second kappa shape index (κ2) is 3.51. The molecule has 0 bridgehead atoms. The Morgan fingerprint density at radius 1 is 1.36 bits per heavy atom. The fraction of sp³-hybridized carbons (Fsp3) is 0.875. The molecule has 14 heavy (non-hydrogen) atoms. The van der Waals surface area contributed by atoms with E-state index in [9.17, 15) is 13.2 Å². The second-order valence-electron chi connectivity index (χ2n) is 3.78. The van der Waals surface area contributed by atoms with Gasteiger partial charge in [-0.25, -0.2) is 8.42 Å². The molecule has 0 aromatic carbocycles. The van der Waals surface area contributed by atoms with E-state index in [1.807, 2.05) is 0 Å². The summed E-state index contributed by atoms with van der Waals surface area (Å²) in [6.07, 6.45) is 1.25. The molecule has 2 rings (SSSR count). The van der Waals surface area contributed by atoms with E-state index >= 15 is 0 Å². The average molecular weight is 219 g/mol. The summed E-state index contributed by atoms with van der Waals surface area (Å²) in [5.74, 6) is 0.123. The molecule has 2 unspecified atom stereocenters. The Balaban J connectivity index is 1.90. The van der Waals surface area contributed by atoms with E-state index < -0.39 is 9.84 Å². The number of rotatable bonds is 2. The third kappa shape index (κ3) is 2.06. The first-order chi connectivity index (χ1) is 6.57. The fourth-order valence-electron chi connectivity index (χ4n) is 1.86. The van der Waals surface area contributed by atoms with Gasteiger partial charge in [0.25, 0.3) is 0 Å². The maximum atomic E-state index is 11.1. The number of carbonyl (C=O) groups excluding carboxylic acids is 1. The Morgan fingerprint density at radius 2 is 2.14 bits per heavy atom.